The van der Waals surface area contributed by atoms with Gasteiger partial charge in [-0.3, -0.25) is 4.84 Å². The Morgan fingerprint density at radius 1 is 1.32 bits per heavy atom. The van der Waals surface area contributed by atoms with Gasteiger partial charge in [-0.2, -0.15) is 0 Å². The summed E-state index contributed by atoms with van der Waals surface area (Å²) in [6, 6.07) is 9.17. The van der Waals surface area contributed by atoms with Crippen molar-refractivity contribution >= 4 is 10.0 Å². The molecule has 2 rings (SSSR count). The molecular weight excluding hydrogens is 268 g/mol. The largest absolute Gasteiger partial charge is 0.629 e. The molecule has 0 amide bonds. The minimum Gasteiger partial charge on any atom is -0.629 e. The van der Waals surface area contributed by atoms with Crippen molar-refractivity contribution in [2.75, 3.05) is 6.54 Å². The maximum absolute atomic E-state index is 11.8. The molecule has 1 heterocycles. The summed E-state index contributed by atoms with van der Waals surface area (Å²) in [5.41, 5.74) is 0.846. The van der Waals surface area contributed by atoms with E-state index in [9.17, 15) is 13.6 Å². The Labute approximate surface area is 111 Å². The molecule has 1 aromatic carbocycles. The standard InChI is InChI=1S/C12H14N2O4S/c15-14-8-4-7-12(9-14)19(16,17)13-18-10-11-5-2-1-3-6-11/h1-8,13-14H,9-10H2. The van der Waals surface area contributed by atoms with Gasteiger partial charge in [0.1, 0.15) is 11.4 Å². The predicted octanol–water partition coefficient (Wildman–Crippen LogP) is -0.168. The van der Waals surface area contributed by atoms with Crippen molar-refractivity contribution in [1.82, 2.24) is 4.89 Å². The molecule has 1 aromatic rings. The van der Waals surface area contributed by atoms with E-state index >= 15 is 0 Å². The second-order valence-corrected chi connectivity index (χ2v) is 5.69. The van der Waals surface area contributed by atoms with Crippen LogP contribution in [0.3, 0.4) is 0 Å². The first kappa shape index (κ1) is 13.9. The summed E-state index contributed by atoms with van der Waals surface area (Å²) in [4.78, 5) is 6.98. The molecule has 1 atom stereocenters. The van der Waals surface area contributed by atoms with Crippen LogP contribution in [-0.4, -0.2) is 15.0 Å². The van der Waals surface area contributed by atoms with Crippen molar-refractivity contribution < 1.29 is 18.3 Å². The molecule has 7 heteroatoms. The molecule has 102 valence electrons. The second kappa shape index (κ2) is 6.09. The van der Waals surface area contributed by atoms with Crippen LogP contribution in [0.15, 0.2) is 53.6 Å². The van der Waals surface area contributed by atoms with Crippen LogP contribution in [0.25, 0.3) is 0 Å². The van der Waals surface area contributed by atoms with E-state index in [4.69, 9.17) is 4.84 Å². The number of hydrogen-bond acceptors (Lipinski definition) is 4. The lowest BCUT2D eigenvalue weighted by Gasteiger charge is -2.21. The molecule has 0 aromatic heterocycles. The molecule has 1 aliphatic rings. The van der Waals surface area contributed by atoms with Crippen LogP contribution >= 0.6 is 0 Å². The zero-order valence-corrected chi connectivity index (χ0v) is 10.9. The number of benzene rings is 1. The molecule has 0 aliphatic carbocycles. The highest BCUT2D eigenvalue weighted by molar-refractivity contribution is 7.93. The summed E-state index contributed by atoms with van der Waals surface area (Å²) < 4.78 is 23.7. The van der Waals surface area contributed by atoms with Crippen molar-refractivity contribution in [2.24, 2.45) is 0 Å². The van der Waals surface area contributed by atoms with E-state index < -0.39 is 10.0 Å². The lowest BCUT2D eigenvalue weighted by Crippen LogP contribution is -3.03. The zero-order chi connectivity index (χ0) is 13.7. The van der Waals surface area contributed by atoms with Gasteiger partial charge >= 0.3 is 0 Å². The minimum absolute atomic E-state index is 0.00746. The number of hydrogen-bond donors (Lipinski definition) is 2. The van der Waals surface area contributed by atoms with Gasteiger partial charge in [-0.1, -0.05) is 35.2 Å². The Kier molecular flexibility index (Phi) is 4.46. The number of allylic oxidation sites excluding steroid dienone is 2. The van der Waals surface area contributed by atoms with Crippen LogP contribution in [0.2, 0.25) is 0 Å². The van der Waals surface area contributed by atoms with Crippen molar-refractivity contribution in [3.8, 4) is 0 Å². The highest BCUT2D eigenvalue weighted by Gasteiger charge is 2.21. The SMILES string of the molecule is O=S(=O)(NOCc1ccccc1)C1=CC=C[NH+]([O-])C1. The average molecular weight is 282 g/mol. The lowest BCUT2D eigenvalue weighted by molar-refractivity contribution is -0.785. The molecule has 1 aliphatic heterocycles. The van der Waals surface area contributed by atoms with Crippen molar-refractivity contribution in [2.45, 2.75) is 6.61 Å². The van der Waals surface area contributed by atoms with Crippen molar-refractivity contribution in [3.63, 3.8) is 0 Å². The minimum atomic E-state index is -3.77. The van der Waals surface area contributed by atoms with Gasteiger partial charge in [0.15, 0.2) is 0 Å². The second-order valence-electron chi connectivity index (χ2n) is 4.00. The van der Waals surface area contributed by atoms with E-state index in [-0.39, 0.29) is 23.1 Å². The topological polar surface area (TPSA) is 82.9 Å². The van der Waals surface area contributed by atoms with E-state index in [0.717, 1.165) is 5.56 Å². The Balaban J connectivity index is 1.92. The van der Waals surface area contributed by atoms with Crippen LogP contribution in [0.5, 0.6) is 0 Å². The maximum Gasteiger partial charge on any atom is 0.264 e. The predicted molar refractivity (Wildman–Crippen MR) is 69.7 cm³/mol. The molecule has 1 unspecified atom stereocenters. The third-order valence-corrected chi connectivity index (χ3v) is 3.82. The van der Waals surface area contributed by atoms with Gasteiger partial charge in [0.2, 0.25) is 0 Å². The summed E-state index contributed by atoms with van der Waals surface area (Å²) >= 11 is 0. The average Bonchev–Trinajstić information content (AvgIpc) is 2.40. The molecule has 0 spiro atoms. The lowest BCUT2D eigenvalue weighted by atomic mass is 10.2. The van der Waals surface area contributed by atoms with Crippen LogP contribution in [0.1, 0.15) is 5.56 Å². The molecule has 0 fully saturated rings. The van der Waals surface area contributed by atoms with Gasteiger partial charge in [-0.25, -0.2) is 8.42 Å². The highest BCUT2D eigenvalue weighted by Crippen LogP contribution is 2.06. The quantitative estimate of drug-likeness (QED) is 0.580. The van der Waals surface area contributed by atoms with E-state index in [1.165, 1.54) is 18.4 Å². The Morgan fingerprint density at radius 3 is 2.74 bits per heavy atom. The van der Waals surface area contributed by atoms with E-state index in [1.54, 1.807) is 0 Å². The molecule has 0 saturated heterocycles. The van der Waals surface area contributed by atoms with Gasteiger partial charge in [0.05, 0.1) is 12.8 Å². The first-order chi connectivity index (χ1) is 9.08. The number of rotatable bonds is 5. The third kappa shape index (κ3) is 3.98. The maximum atomic E-state index is 11.8. The number of nitrogens with one attached hydrogen (secondary N) is 2. The highest BCUT2D eigenvalue weighted by atomic mass is 32.2. The monoisotopic (exact) mass is 282 g/mol. The number of quaternary nitrogens is 1. The fourth-order valence-corrected chi connectivity index (χ4v) is 2.47. The number of hydroxylamine groups is 2. The summed E-state index contributed by atoms with van der Waals surface area (Å²) in [7, 11) is -3.77. The first-order valence-corrected chi connectivity index (χ1v) is 7.14. The molecule has 0 bridgehead atoms. The summed E-state index contributed by atoms with van der Waals surface area (Å²) in [6.45, 7) is -0.0162. The molecular formula is C12H14N2O4S. The fraction of sp³-hybridized carbons (Fsp3) is 0.167. The molecule has 0 saturated carbocycles. The van der Waals surface area contributed by atoms with Gasteiger partial charge in [0, 0.05) is 0 Å². The Hall–Kier alpha value is -1.51. The molecule has 2 N–H and O–H groups in total. The zero-order valence-electron chi connectivity index (χ0n) is 10.1. The van der Waals surface area contributed by atoms with Crippen LogP contribution in [0, 0.1) is 5.21 Å². The smallest absolute Gasteiger partial charge is 0.264 e. The molecule has 19 heavy (non-hydrogen) atoms. The van der Waals surface area contributed by atoms with Crippen molar-refractivity contribution in [1.29, 1.82) is 0 Å². The molecule has 6 nitrogen and oxygen atoms in total. The normalized spacial score (nSPS) is 19.2. The van der Waals surface area contributed by atoms with Gasteiger partial charge in [-0.15, -0.1) is 0 Å². The van der Waals surface area contributed by atoms with E-state index in [0.29, 0.717) is 0 Å². The summed E-state index contributed by atoms with van der Waals surface area (Å²) in [5.74, 6) is 0. The summed E-state index contributed by atoms with van der Waals surface area (Å²) in [6.07, 6.45) is 4.14. The molecule has 0 radical (unpaired) electrons. The van der Waals surface area contributed by atoms with Crippen LogP contribution in [0.4, 0.5) is 0 Å². The first-order valence-electron chi connectivity index (χ1n) is 5.65. The van der Waals surface area contributed by atoms with Crippen LogP contribution in [-0.2, 0) is 21.5 Å². The van der Waals surface area contributed by atoms with Crippen LogP contribution < -0.4 is 9.95 Å². The fourth-order valence-electron chi connectivity index (χ4n) is 1.56. The van der Waals surface area contributed by atoms with E-state index in [2.05, 4.69) is 0 Å². The Morgan fingerprint density at radius 2 is 2.05 bits per heavy atom. The van der Waals surface area contributed by atoms with E-state index in [1.807, 2.05) is 35.2 Å². The van der Waals surface area contributed by atoms with Crippen molar-refractivity contribution in [3.05, 3.63) is 64.4 Å². The van der Waals surface area contributed by atoms with Gasteiger partial charge in [0.25, 0.3) is 10.0 Å². The number of sulfonamides is 1. The third-order valence-electron chi connectivity index (χ3n) is 2.51. The Bertz CT molecular complexity index is 581. The van der Waals surface area contributed by atoms with Gasteiger partial charge < -0.3 is 10.3 Å². The summed E-state index contributed by atoms with van der Waals surface area (Å²) in [5, 5.41) is 10.9. The van der Waals surface area contributed by atoms with Gasteiger partial charge in [-0.05, 0) is 17.7 Å².